The van der Waals surface area contributed by atoms with Gasteiger partial charge in [0.25, 0.3) is 0 Å². The fourth-order valence-corrected chi connectivity index (χ4v) is 4.38. The van der Waals surface area contributed by atoms with Crippen LogP contribution in [0.4, 0.5) is 0 Å². The molecule has 1 saturated heterocycles. The summed E-state index contributed by atoms with van der Waals surface area (Å²) in [6.45, 7) is 8.49. The zero-order valence-electron chi connectivity index (χ0n) is 18.6. The van der Waals surface area contributed by atoms with E-state index >= 15 is 0 Å². The standard InChI is InChI=1S/C22H33N5O3S/c1-4-16(5-2)19(26-10-12-30-13-11-26)14-23-20(28)15-27-21(24-25-22(27)31)17-6-8-18(29-3)9-7-17/h6-9,16,19H,4-5,10-15H2,1-3H3,(H,23,28)(H,25,31)/t19-/m1/s1. The highest BCUT2D eigenvalue weighted by molar-refractivity contribution is 7.71. The average Bonchev–Trinajstić information content (AvgIpc) is 3.17. The molecule has 0 radical (unpaired) electrons. The van der Waals surface area contributed by atoms with Gasteiger partial charge in [0, 0.05) is 31.2 Å². The highest BCUT2D eigenvalue weighted by Gasteiger charge is 2.27. The molecule has 2 aromatic rings. The van der Waals surface area contributed by atoms with E-state index in [9.17, 15) is 4.79 Å². The van der Waals surface area contributed by atoms with Crippen molar-refractivity contribution in [3.05, 3.63) is 29.0 Å². The van der Waals surface area contributed by atoms with E-state index in [0.717, 1.165) is 50.5 Å². The zero-order valence-corrected chi connectivity index (χ0v) is 19.4. The van der Waals surface area contributed by atoms with Crippen LogP contribution in [0.2, 0.25) is 0 Å². The lowest BCUT2D eigenvalue weighted by atomic mass is 9.92. The number of hydrogen-bond donors (Lipinski definition) is 2. The quantitative estimate of drug-likeness (QED) is 0.545. The molecular weight excluding hydrogens is 414 g/mol. The molecule has 0 unspecified atom stereocenters. The number of carbonyl (C=O) groups excluding carboxylic acids is 1. The number of H-pyrrole nitrogens is 1. The highest BCUT2D eigenvalue weighted by atomic mass is 32.1. The second kappa shape index (κ2) is 11.4. The van der Waals surface area contributed by atoms with Gasteiger partial charge in [0.2, 0.25) is 5.91 Å². The molecule has 1 fully saturated rings. The Bertz CT molecular complexity index is 885. The first kappa shape index (κ1) is 23.4. The lowest BCUT2D eigenvalue weighted by molar-refractivity contribution is -0.122. The number of rotatable bonds is 10. The lowest BCUT2D eigenvalue weighted by Crippen LogP contribution is -2.52. The summed E-state index contributed by atoms with van der Waals surface area (Å²) in [5, 5.41) is 10.3. The maximum atomic E-state index is 12.8. The summed E-state index contributed by atoms with van der Waals surface area (Å²) in [6.07, 6.45) is 2.17. The van der Waals surface area contributed by atoms with Gasteiger partial charge < -0.3 is 14.8 Å². The summed E-state index contributed by atoms with van der Waals surface area (Å²) < 4.78 is 12.9. The van der Waals surface area contributed by atoms with Gasteiger partial charge in [-0.1, -0.05) is 26.7 Å². The van der Waals surface area contributed by atoms with Crippen LogP contribution < -0.4 is 10.1 Å². The molecule has 1 atom stereocenters. The molecule has 1 aromatic carbocycles. The predicted molar refractivity (Wildman–Crippen MR) is 123 cm³/mol. The van der Waals surface area contributed by atoms with E-state index in [2.05, 4.69) is 34.3 Å². The van der Waals surface area contributed by atoms with E-state index in [1.807, 2.05) is 24.3 Å². The number of aromatic nitrogens is 3. The third-order valence-electron chi connectivity index (χ3n) is 6.02. The molecule has 170 valence electrons. The fourth-order valence-electron chi connectivity index (χ4n) is 4.18. The van der Waals surface area contributed by atoms with E-state index in [4.69, 9.17) is 21.7 Å². The average molecular weight is 448 g/mol. The van der Waals surface area contributed by atoms with E-state index < -0.39 is 0 Å². The number of benzene rings is 1. The van der Waals surface area contributed by atoms with Crippen LogP contribution in [0.25, 0.3) is 11.4 Å². The number of nitrogens with one attached hydrogen (secondary N) is 2. The van der Waals surface area contributed by atoms with Crippen LogP contribution >= 0.6 is 12.2 Å². The maximum absolute atomic E-state index is 12.8. The molecule has 0 saturated carbocycles. The Morgan fingerprint density at radius 1 is 1.26 bits per heavy atom. The fraction of sp³-hybridized carbons (Fsp3) is 0.591. The number of aromatic amines is 1. The Hall–Kier alpha value is -2.23. The van der Waals surface area contributed by atoms with Crippen LogP contribution in [-0.2, 0) is 16.1 Å². The molecule has 9 heteroatoms. The van der Waals surface area contributed by atoms with Gasteiger partial charge in [-0.2, -0.15) is 5.10 Å². The summed E-state index contributed by atoms with van der Waals surface area (Å²) >= 11 is 5.38. The van der Waals surface area contributed by atoms with Crippen LogP contribution in [0.5, 0.6) is 5.75 Å². The SMILES string of the molecule is CCC(CC)[C@@H](CNC(=O)Cn1c(-c2ccc(OC)cc2)n[nH]c1=S)N1CCOCC1. The highest BCUT2D eigenvalue weighted by Crippen LogP contribution is 2.22. The Kier molecular flexibility index (Phi) is 8.62. The van der Waals surface area contributed by atoms with E-state index in [-0.39, 0.29) is 12.5 Å². The van der Waals surface area contributed by atoms with Crippen LogP contribution in [-0.4, -0.2) is 71.6 Å². The molecule has 1 aromatic heterocycles. The van der Waals surface area contributed by atoms with Gasteiger partial charge in [-0.15, -0.1) is 0 Å². The van der Waals surface area contributed by atoms with Crippen molar-refractivity contribution in [3.8, 4) is 17.1 Å². The van der Waals surface area contributed by atoms with Gasteiger partial charge in [-0.25, -0.2) is 0 Å². The molecule has 1 amide bonds. The summed E-state index contributed by atoms with van der Waals surface area (Å²) in [6, 6.07) is 7.83. The topological polar surface area (TPSA) is 84.4 Å². The molecule has 0 bridgehead atoms. The van der Waals surface area contributed by atoms with Gasteiger partial charge in [0.05, 0.1) is 20.3 Å². The van der Waals surface area contributed by atoms with Crippen molar-refractivity contribution >= 4 is 18.1 Å². The van der Waals surface area contributed by atoms with E-state index in [1.54, 1.807) is 11.7 Å². The maximum Gasteiger partial charge on any atom is 0.240 e. The Morgan fingerprint density at radius 3 is 2.55 bits per heavy atom. The minimum Gasteiger partial charge on any atom is -0.497 e. The van der Waals surface area contributed by atoms with Crippen molar-refractivity contribution in [1.29, 1.82) is 0 Å². The number of morpholine rings is 1. The monoisotopic (exact) mass is 447 g/mol. The predicted octanol–water partition coefficient (Wildman–Crippen LogP) is 2.87. The number of methoxy groups -OCH3 is 1. The molecule has 3 rings (SSSR count). The van der Waals surface area contributed by atoms with Crippen molar-refractivity contribution in [2.24, 2.45) is 5.92 Å². The summed E-state index contributed by atoms with van der Waals surface area (Å²) in [7, 11) is 1.63. The number of carbonyl (C=O) groups is 1. The Balaban J connectivity index is 1.68. The van der Waals surface area contributed by atoms with Gasteiger partial charge in [0.1, 0.15) is 12.3 Å². The van der Waals surface area contributed by atoms with Crippen molar-refractivity contribution in [3.63, 3.8) is 0 Å². The Labute approximate surface area is 188 Å². The number of amides is 1. The van der Waals surface area contributed by atoms with Crippen molar-refractivity contribution in [2.75, 3.05) is 40.0 Å². The lowest BCUT2D eigenvalue weighted by Gasteiger charge is -2.38. The number of ether oxygens (including phenoxy) is 2. The first-order chi connectivity index (χ1) is 15.1. The molecule has 2 N–H and O–H groups in total. The van der Waals surface area contributed by atoms with Gasteiger partial charge >= 0.3 is 0 Å². The second-order valence-corrected chi connectivity index (χ2v) is 8.15. The summed E-state index contributed by atoms with van der Waals surface area (Å²) in [5.41, 5.74) is 0.865. The third-order valence-corrected chi connectivity index (χ3v) is 6.34. The largest absolute Gasteiger partial charge is 0.497 e. The minimum absolute atomic E-state index is 0.0727. The summed E-state index contributed by atoms with van der Waals surface area (Å²) in [5.74, 6) is 1.85. The van der Waals surface area contributed by atoms with Crippen LogP contribution in [0.15, 0.2) is 24.3 Å². The first-order valence-electron chi connectivity index (χ1n) is 11.0. The minimum atomic E-state index is -0.0727. The molecule has 0 spiro atoms. The normalized spacial score (nSPS) is 15.7. The van der Waals surface area contributed by atoms with Gasteiger partial charge in [0.15, 0.2) is 10.6 Å². The molecule has 31 heavy (non-hydrogen) atoms. The molecule has 1 aliphatic rings. The van der Waals surface area contributed by atoms with Crippen molar-refractivity contribution < 1.29 is 14.3 Å². The van der Waals surface area contributed by atoms with Gasteiger partial charge in [-0.3, -0.25) is 19.4 Å². The smallest absolute Gasteiger partial charge is 0.240 e. The van der Waals surface area contributed by atoms with E-state index in [1.165, 1.54) is 0 Å². The molecule has 1 aliphatic heterocycles. The Morgan fingerprint density at radius 2 is 1.94 bits per heavy atom. The van der Waals surface area contributed by atoms with Crippen molar-refractivity contribution in [1.82, 2.24) is 25.0 Å². The molecule has 0 aliphatic carbocycles. The van der Waals surface area contributed by atoms with E-state index in [0.29, 0.717) is 29.1 Å². The van der Waals surface area contributed by atoms with Crippen molar-refractivity contribution in [2.45, 2.75) is 39.3 Å². The molecule has 2 heterocycles. The molecule has 8 nitrogen and oxygen atoms in total. The number of hydrogen-bond acceptors (Lipinski definition) is 6. The van der Waals surface area contributed by atoms with Crippen LogP contribution in [0.3, 0.4) is 0 Å². The van der Waals surface area contributed by atoms with Crippen LogP contribution in [0, 0.1) is 10.7 Å². The number of nitrogens with zero attached hydrogens (tertiary/aromatic N) is 3. The first-order valence-corrected chi connectivity index (χ1v) is 11.4. The summed E-state index contributed by atoms with van der Waals surface area (Å²) in [4.78, 5) is 15.3. The zero-order chi connectivity index (χ0) is 22.2. The van der Waals surface area contributed by atoms with Gasteiger partial charge in [-0.05, 0) is 42.4 Å². The second-order valence-electron chi connectivity index (χ2n) is 7.76. The third kappa shape index (κ3) is 5.93. The molecular formula is C22H33N5O3S. The van der Waals surface area contributed by atoms with Crippen LogP contribution in [0.1, 0.15) is 26.7 Å².